The molecule has 0 amide bonds. The third kappa shape index (κ3) is 4.73. The highest BCUT2D eigenvalue weighted by Gasteiger charge is 2.38. The fraction of sp³-hybridized carbons (Fsp3) is 0.333. The van der Waals surface area contributed by atoms with E-state index in [1.54, 1.807) is 0 Å². The van der Waals surface area contributed by atoms with E-state index in [2.05, 4.69) is 20.6 Å². The van der Waals surface area contributed by atoms with Crippen LogP contribution >= 0.6 is 0 Å². The van der Waals surface area contributed by atoms with Gasteiger partial charge < -0.3 is 25.6 Å². The molecule has 3 N–H and O–H groups in total. The number of rotatable bonds is 6. The van der Waals surface area contributed by atoms with Gasteiger partial charge in [-0.1, -0.05) is 18.6 Å². The molecule has 2 aromatic rings. The summed E-state index contributed by atoms with van der Waals surface area (Å²) in [6, 6.07) is 4.61. The number of carbonyl (C=O) groups excluding carboxylic acids is 1. The Hall–Kier alpha value is -3.37. The van der Waals surface area contributed by atoms with Crippen molar-refractivity contribution in [1.29, 1.82) is 0 Å². The van der Waals surface area contributed by atoms with Crippen molar-refractivity contribution in [3.63, 3.8) is 0 Å². The number of aromatic nitrogens is 2. The first-order valence-electron chi connectivity index (χ1n) is 8.67. The second-order valence-electron chi connectivity index (χ2n) is 6.57. The first-order valence-corrected chi connectivity index (χ1v) is 8.67. The molecule has 8 nitrogen and oxygen atoms in total. The summed E-state index contributed by atoms with van der Waals surface area (Å²) in [4.78, 5) is 29.6. The minimum Gasteiger partial charge on any atom is -0.545 e. The number of benzene rings is 1. The van der Waals surface area contributed by atoms with Crippen LogP contribution in [0.4, 0.5) is 30.6 Å². The van der Waals surface area contributed by atoms with Crippen molar-refractivity contribution in [2.75, 3.05) is 10.6 Å². The van der Waals surface area contributed by atoms with Gasteiger partial charge in [-0.2, -0.15) is 18.2 Å². The third-order valence-electron chi connectivity index (χ3n) is 4.63. The van der Waals surface area contributed by atoms with E-state index in [9.17, 15) is 33.0 Å². The SMILES string of the molecule is O=C([O-])c1ccc(Nc2ncc(C(F)(F)F)c(N[C@@H]3CCC[C@@H]3C(=O)O)n2)cc1. The fourth-order valence-corrected chi connectivity index (χ4v) is 3.18. The van der Waals surface area contributed by atoms with Gasteiger partial charge in [-0.3, -0.25) is 4.79 Å². The fourth-order valence-electron chi connectivity index (χ4n) is 3.18. The van der Waals surface area contributed by atoms with Crippen LogP contribution in [-0.2, 0) is 11.0 Å². The number of hydrogen-bond acceptors (Lipinski definition) is 7. The Morgan fingerprint density at radius 2 is 1.86 bits per heavy atom. The zero-order valence-electron chi connectivity index (χ0n) is 14.9. The van der Waals surface area contributed by atoms with Gasteiger partial charge in [0, 0.05) is 17.9 Å². The zero-order chi connectivity index (χ0) is 21.2. The molecule has 0 saturated heterocycles. The van der Waals surface area contributed by atoms with Crippen LogP contribution in [0.15, 0.2) is 30.5 Å². The van der Waals surface area contributed by atoms with Crippen LogP contribution in [0.2, 0.25) is 0 Å². The van der Waals surface area contributed by atoms with Gasteiger partial charge in [0.2, 0.25) is 5.95 Å². The Bertz CT molecular complexity index is 918. The monoisotopic (exact) mass is 409 g/mol. The molecule has 154 valence electrons. The number of carboxylic acid groups (broad SMARTS) is 2. The van der Waals surface area contributed by atoms with Gasteiger partial charge in [0.1, 0.15) is 11.4 Å². The number of nitrogens with one attached hydrogen (secondary N) is 2. The number of hydrogen-bond donors (Lipinski definition) is 3. The highest BCUT2D eigenvalue weighted by atomic mass is 19.4. The Kier molecular flexibility index (Phi) is 5.57. The van der Waals surface area contributed by atoms with Gasteiger partial charge in [-0.25, -0.2) is 4.98 Å². The maximum atomic E-state index is 13.3. The average Bonchev–Trinajstić information content (AvgIpc) is 3.10. The third-order valence-corrected chi connectivity index (χ3v) is 4.63. The molecule has 1 fully saturated rings. The predicted molar refractivity (Wildman–Crippen MR) is 93.5 cm³/mol. The largest absolute Gasteiger partial charge is 0.545 e. The molecule has 1 aromatic heterocycles. The lowest BCUT2D eigenvalue weighted by molar-refractivity contribution is -0.255. The number of alkyl halides is 3. The minimum absolute atomic E-state index is 0.0628. The lowest BCUT2D eigenvalue weighted by atomic mass is 10.0. The molecule has 1 aliphatic rings. The number of carboxylic acids is 2. The molecule has 3 rings (SSSR count). The summed E-state index contributed by atoms with van der Waals surface area (Å²) >= 11 is 0. The number of aliphatic carboxylic acids is 1. The van der Waals surface area contributed by atoms with Crippen LogP contribution in [0.3, 0.4) is 0 Å². The standard InChI is InChI=1S/C18H17F3N4O4/c19-18(20,21)12-8-22-17(23-10-6-4-9(5-7-10)15(26)27)25-14(12)24-13-3-1-2-11(13)16(28)29/h4-8,11,13H,1-3H2,(H,26,27)(H,28,29)(H2,22,23,24,25)/p-1/t11-,13+/m0/s1. The molecule has 1 aliphatic carbocycles. The average molecular weight is 409 g/mol. The Morgan fingerprint density at radius 1 is 1.17 bits per heavy atom. The van der Waals surface area contributed by atoms with Crippen molar-refractivity contribution in [3.8, 4) is 0 Å². The molecule has 0 bridgehead atoms. The molecular weight excluding hydrogens is 393 g/mol. The van der Waals surface area contributed by atoms with Crippen LogP contribution in [0, 0.1) is 5.92 Å². The smallest absolute Gasteiger partial charge is 0.421 e. The van der Waals surface area contributed by atoms with Crippen LogP contribution in [0.1, 0.15) is 35.2 Å². The highest BCUT2D eigenvalue weighted by Crippen LogP contribution is 2.36. The van der Waals surface area contributed by atoms with E-state index in [-0.39, 0.29) is 11.5 Å². The van der Waals surface area contributed by atoms with E-state index in [1.165, 1.54) is 24.3 Å². The molecule has 11 heteroatoms. The summed E-state index contributed by atoms with van der Waals surface area (Å²) in [7, 11) is 0. The number of nitrogens with zero attached hydrogens (tertiary/aromatic N) is 2. The van der Waals surface area contributed by atoms with Crippen molar-refractivity contribution in [2.45, 2.75) is 31.5 Å². The van der Waals surface area contributed by atoms with Crippen LogP contribution in [0.5, 0.6) is 0 Å². The second kappa shape index (κ2) is 7.94. The zero-order valence-corrected chi connectivity index (χ0v) is 14.9. The first-order chi connectivity index (χ1) is 13.6. The number of carbonyl (C=O) groups is 2. The number of halogens is 3. The maximum Gasteiger partial charge on any atom is 0.421 e. The van der Waals surface area contributed by atoms with Crippen molar-refractivity contribution in [2.24, 2.45) is 5.92 Å². The number of aromatic carboxylic acids is 1. The molecule has 0 unspecified atom stereocenters. The summed E-state index contributed by atoms with van der Waals surface area (Å²) in [6.45, 7) is 0. The van der Waals surface area contributed by atoms with Gasteiger partial charge in [-0.15, -0.1) is 0 Å². The molecule has 1 aromatic carbocycles. The normalized spacial score (nSPS) is 19.0. The van der Waals surface area contributed by atoms with Crippen LogP contribution < -0.4 is 15.7 Å². The van der Waals surface area contributed by atoms with Gasteiger partial charge in [0.25, 0.3) is 0 Å². The Labute approximate surface area is 162 Å². The van der Waals surface area contributed by atoms with Gasteiger partial charge in [-0.05, 0) is 30.5 Å². The topological polar surface area (TPSA) is 127 Å². The Balaban J connectivity index is 1.87. The summed E-state index contributed by atoms with van der Waals surface area (Å²) < 4.78 is 40.0. The van der Waals surface area contributed by atoms with E-state index < -0.39 is 41.5 Å². The van der Waals surface area contributed by atoms with E-state index in [1.807, 2.05) is 0 Å². The molecule has 29 heavy (non-hydrogen) atoms. The summed E-state index contributed by atoms with van der Waals surface area (Å²) in [5, 5.41) is 25.3. The van der Waals surface area contributed by atoms with E-state index in [0.717, 1.165) is 0 Å². The Morgan fingerprint density at radius 3 is 2.45 bits per heavy atom. The van der Waals surface area contributed by atoms with Gasteiger partial charge >= 0.3 is 12.1 Å². The van der Waals surface area contributed by atoms with E-state index in [4.69, 9.17) is 0 Å². The summed E-state index contributed by atoms with van der Waals surface area (Å²) in [5.74, 6) is -3.92. The van der Waals surface area contributed by atoms with Gasteiger partial charge in [0.15, 0.2) is 0 Å². The quantitative estimate of drug-likeness (QED) is 0.663. The highest BCUT2D eigenvalue weighted by molar-refractivity contribution is 5.86. The van der Waals surface area contributed by atoms with E-state index >= 15 is 0 Å². The molecular formula is C18H16F3N4O4-. The minimum atomic E-state index is -4.73. The number of anilines is 3. The summed E-state index contributed by atoms with van der Waals surface area (Å²) in [6.07, 6.45) is -2.76. The lowest BCUT2D eigenvalue weighted by Crippen LogP contribution is -2.31. The molecule has 1 heterocycles. The molecule has 0 spiro atoms. The maximum absolute atomic E-state index is 13.3. The lowest BCUT2D eigenvalue weighted by Gasteiger charge is -2.21. The molecule has 1 saturated carbocycles. The van der Waals surface area contributed by atoms with Crippen molar-refractivity contribution in [1.82, 2.24) is 9.97 Å². The molecule has 2 atom stereocenters. The van der Waals surface area contributed by atoms with Crippen LogP contribution in [0.25, 0.3) is 0 Å². The first kappa shape index (κ1) is 20.4. The summed E-state index contributed by atoms with van der Waals surface area (Å²) in [5.41, 5.74) is -0.816. The van der Waals surface area contributed by atoms with Crippen molar-refractivity contribution < 1.29 is 33.0 Å². The predicted octanol–water partition coefficient (Wildman–Crippen LogP) is 2.27. The molecule has 0 aliphatic heterocycles. The van der Waals surface area contributed by atoms with Gasteiger partial charge in [0.05, 0.1) is 11.9 Å². The second-order valence-corrected chi connectivity index (χ2v) is 6.57. The molecule has 0 radical (unpaired) electrons. The van der Waals surface area contributed by atoms with Crippen molar-refractivity contribution in [3.05, 3.63) is 41.6 Å². The van der Waals surface area contributed by atoms with Crippen molar-refractivity contribution >= 4 is 29.4 Å². The van der Waals surface area contributed by atoms with E-state index in [0.29, 0.717) is 31.1 Å². The van der Waals surface area contributed by atoms with Crippen LogP contribution in [-0.4, -0.2) is 33.1 Å².